The van der Waals surface area contributed by atoms with Crippen LogP contribution in [0.4, 0.5) is 0 Å². The van der Waals surface area contributed by atoms with Crippen molar-refractivity contribution in [2.24, 2.45) is 17.8 Å². The molecule has 3 amide bonds. The van der Waals surface area contributed by atoms with Crippen molar-refractivity contribution in [1.82, 2.24) is 14.7 Å². The number of nitrogens with zero attached hydrogens (tertiary/aromatic N) is 3. The molecule has 6 atom stereocenters. The van der Waals surface area contributed by atoms with Gasteiger partial charge in [0.1, 0.15) is 18.1 Å². The molecule has 12 nitrogen and oxygen atoms in total. The quantitative estimate of drug-likeness (QED) is 0.201. The predicted octanol–water partition coefficient (Wildman–Crippen LogP) is 4.08. The molecule has 1 fully saturated rings. The fourth-order valence-electron chi connectivity index (χ4n) is 5.84. The van der Waals surface area contributed by atoms with Crippen molar-refractivity contribution in [3.8, 4) is 0 Å². The van der Waals surface area contributed by atoms with E-state index in [1.165, 1.54) is 21.1 Å². The number of rotatable bonds is 9. The van der Waals surface area contributed by atoms with Crippen LogP contribution in [0.5, 0.6) is 0 Å². The van der Waals surface area contributed by atoms with Crippen LogP contribution in [0.25, 0.3) is 0 Å². The fraction of sp³-hybridized carbons (Fsp3) is 0.667. The average Bonchev–Trinajstić information content (AvgIpc) is 2.93. The number of ether oxygens (including phenoxy) is 3. The molecule has 0 aromatic carbocycles. The molecule has 12 heteroatoms. The Morgan fingerprint density at radius 1 is 0.500 bits per heavy atom. The maximum Gasteiger partial charge on any atom is 0.329 e. The lowest BCUT2D eigenvalue weighted by atomic mass is 9.99. The lowest BCUT2D eigenvalue weighted by Crippen LogP contribution is -2.56. The maximum absolute atomic E-state index is 14.0. The number of carbonyl (C=O) groups is 6. The Morgan fingerprint density at radius 3 is 0.833 bits per heavy atom. The molecular formula is C36H57N3O9. The molecule has 0 radical (unpaired) electrons. The van der Waals surface area contributed by atoms with Gasteiger partial charge in [0.05, 0.1) is 0 Å². The van der Waals surface area contributed by atoms with E-state index in [0.717, 1.165) is 14.7 Å². The van der Waals surface area contributed by atoms with Crippen molar-refractivity contribution < 1.29 is 43.0 Å². The number of hydrogen-bond donors (Lipinski definition) is 0. The molecule has 1 aliphatic rings. The number of carbonyl (C=O) groups excluding carboxylic acids is 6. The summed E-state index contributed by atoms with van der Waals surface area (Å²) >= 11 is 0. The van der Waals surface area contributed by atoms with Crippen molar-refractivity contribution in [3.05, 3.63) is 36.5 Å². The Kier molecular flexibility index (Phi) is 15.8. The first kappa shape index (κ1) is 42.1. The molecule has 1 aliphatic heterocycles. The molecule has 1 rings (SSSR count). The van der Waals surface area contributed by atoms with Crippen LogP contribution in [-0.2, 0) is 43.0 Å². The second-order valence-corrected chi connectivity index (χ2v) is 14.2. The van der Waals surface area contributed by atoms with Crippen molar-refractivity contribution in [2.45, 2.75) is 118 Å². The van der Waals surface area contributed by atoms with Gasteiger partial charge >= 0.3 is 17.9 Å². The van der Waals surface area contributed by atoms with E-state index in [1.54, 1.807) is 62.3 Å². The Labute approximate surface area is 286 Å². The highest BCUT2D eigenvalue weighted by Crippen LogP contribution is 2.24. The monoisotopic (exact) mass is 675 g/mol. The molecule has 0 saturated carbocycles. The van der Waals surface area contributed by atoms with E-state index in [2.05, 4.69) is 19.7 Å². The standard InChI is InChI=1S/C36H57N3O9/c1-19(2)16-25-31(40)37(13)29(23(9)10)35(44)47-27(18-21(5)6)33(42)39(15)30(24(11)12)36(45)48-26(17-20(3)4)32(41)38(14)28(22(7)8)34(43)46-25/h22-30H,1,3,5,16-18H2,2,4,6-15H3/t25-,26-,27-,28+,29+,30+/m1/s1. The molecule has 0 N–H and O–H groups in total. The van der Waals surface area contributed by atoms with Crippen molar-refractivity contribution >= 4 is 35.6 Å². The van der Waals surface area contributed by atoms with Crippen molar-refractivity contribution in [3.63, 3.8) is 0 Å². The van der Waals surface area contributed by atoms with Gasteiger partial charge in [0.25, 0.3) is 17.7 Å². The SMILES string of the molecule is C=C(C)C[C@H]1OC(=O)[C@H](C(C)C)N(C)C(=O)[C@@H](CC(=C)C)OC(=O)[C@H](C(C)C)N(C)C(=O)[C@@H](CC(=C)C)OC(=O)[C@H](C(C)C)N(C)C1=O. The number of amides is 3. The van der Waals surface area contributed by atoms with Crippen LogP contribution in [0.3, 0.4) is 0 Å². The van der Waals surface area contributed by atoms with Crippen LogP contribution >= 0.6 is 0 Å². The summed E-state index contributed by atoms with van der Waals surface area (Å²) in [5.74, 6) is -6.06. The normalized spacial score (nSPS) is 25.9. The second-order valence-electron chi connectivity index (χ2n) is 14.2. The highest BCUT2D eigenvalue weighted by molar-refractivity contribution is 5.94. The molecule has 0 aromatic heterocycles. The van der Waals surface area contributed by atoms with E-state index in [9.17, 15) is 28.8 Å². The fourth-order valence-corrected chi connectivity index (χ4v) is 5.84. The lowest BCUT2D eigenvalue weighted by molar-refractivity contribution is -0.178. The van der Waals surface area contributed by atoms with Gasteiger partial charge in [-0.25, -0.2) is 14.4 Å². The summed E-state index contributed by atoms with van der Waals surface area (Å²) in [4.78, 5) is 86.8. The Bertz CT molecular complexity index is 1120. The summed E-state index contributed by atoms with van der Waals surface area (Å²) in [5, 5.41) is 0. The van der Waals surface area contributed by atoms with Gasteiger partial charge in [-0.15, -0.1) is 0 Å². The second kappa shape index (κ2) is 18.0. The Balaban J connectivity index is 4.00. The van der Waals surface area contributed by atoms with Crippen LogP contribution in [0.15, 0.2) is 36.5 Å². The van der Waals surface area contributed by atoms with Gasteiger partial charge in [-0.1, -0.05) is 78.0 Å². The van der Waals surface area contributed by atoms with Crippen LogP contribution < -0.4 is 0 Å². The smallest absolute Gasteiger partial charge is 0.329 e. The molecule has 0 unspecified atom stereocenters. The van der Waals surface area contributed by atoms with E-state index in [4.69, 9.17) is 14.2 Å². The first-order valence-corrected chi connectivity index (χ1v) is 16.4. The predicted molar refractivity (Wildman–Crippen MR) is 182 cm³/mol. The molecule has 0 aliphatic carbocycles. The summed E-state index contributed by atoms with van der Waals surface area (Å²) in [7, 11) is 4.20. The van der Waals surface area contributed by atoms with Gasteiger partial charge in [0, 0.05) is 40.4 Å². The van der Waals surface area contributed by atoms with Gasteiger partial charge in [-0.05, 0) is 38.5 Å². The number of cyclic esters (lactones) is 3. The number of likely N-dealkylation sites (N-methyl/N-ethyl adjacent to an activating group) is 3. The minimum atomic E-state index is -1.38. The maximum atomic E-state index is 14.0. The molecule has 0 aromatic rings. The Hall–Kier alpha value is -3.96. The molecule has 1 saturated heterocycles. The van der Waals surface area contributed by atoms with E-state index in [1.807, 2.05) is 0 Å². The lowest BCUT2D eigenvalue weighted by Gasteiger charge is -2.37. The van der Waals surface area contributed by atoms with Crippen molar-refractivity contribution in [2.75, 3.05) is 21.1 Å². The van der Waals surface area contributed by atoms with E-state index in [-0.39, 0.29) is 19.3 Å². The summed E-state index contributed by atoms with van der Waals surface area (Å²) in [6.45, 7) is 26.9. The molecule has 48 heavy (non-hydrogen) atoms. The largest absolute Gasteiger partial charge is 0.450 e. The van der Waals surface area contributed by atoms with Gasteiger partial charge in [-0.2, -0.15) is 0 Å². The van der Waals surface area contributed by atoms with Crippen LogP contribution in [0, 0.1) is 17.8 Å². The van der Waals surface area contributed by atoms with Gasteiger partial charge in [0.2, 0.25) is 0 Å². The summed E-state index contributed by atoms with van der Waals surface area (Å²) < 4.78 is 17.4. The zero-order valence-corrected chi connectivity index (χ0v) is 31.0. The number of hydrogen-bond acceptors (Lipinski definition) is 9. The third-order valence-electron chi connectivity index (χ3n) is 8.12. The third-order valence-corrected chi connectivity index (χ3v) is 8.12. The van der Waals surface area contributed by atoms with Crippen molar-refractivity contribution in [1.29, 1.82) is 0 Å². The van der Waals surface area contributed by atoms with E-state index in [0.29, 0.717) is 16.7 Å². The topological polar surface area (TPSA) is 140 Å². The molecule has 0 spiro atoms. The minimum Gasteiger partial charge on any atom is -0.450 e. The van der Waals surface area contributed by atoms with Gasteiger partial charge in [0.15, 0.2) is 18.3 Å². The summed E-state index contributed by atoms with van der Waals surface area (Å²) in [6.07, 6.45) is -4.30. The molecular weight excluding hydrogens is 618 g/mol. The first-order valence-electron chi connectivity index (χ1n) is 16.4. The summed E-state index contributed by atoms with van der Waals surface area (Å²) in [6, 6.07) is -3.52. The number of esters is 3. The van der Waals surface area contributed by atoms with E-state index < -0.39 is 89.8 Å². The zero-order chi connectivity index (χ0) is 37.4. The highest BCUT2D eigenvalue weighted by Gasteiger charge is 2.44. The third kappa shape index (κ3) is 11.1. The van der Waals surface area contributed by atoms with Gasteiger partial charge in [-0.3, -0.25) is 14.4 Å². The zero-order valence-electron chi connectivity index (χ0n) is 31.0. The first-order chi connectivity index (χ1) is 22.0. The highest BCUT2D eigenvalue weighted by atomic mass is 16.6. The van der Waals surface area contributed by atoms with Crippen LogP contribution in [0.2, 0.25) is 0 Å². The van der Waals surface area contributed by atoms with Crippen LogP contribution in [0.1, 0.15) is 81.6 Å². The van der Waals surface area contributed by atoms with Crippen LogP contribution in [-0.4, -0.2) is 108 Å². The van der Waals surface area contributed by atoms with Gasteiger partial charge < -0.3 is 28.9 Å². The molecule has 270 valence electrons. The summed E-state index contributed by atoms with van der Waals surface area (Å²) in [5.41, 5.74) is 1.61. The van der Waals surface area contributed by atoms with E-state index >= 15 is 0 Å². The average molecular weight is 676 g/mol. The Morgan fingerprint density at radius 2 is 0.688 bits per heavy atom. The molecule has 1 heterocycles. The minimum absolute atomic E-state index is 0.0503. The molecule has 0 bridgehead atoms.